The van der Waals surface area contributed by atoms with Gasteiger partial charge in [-0.2, -0.15) is 5.26 Å². The molecule has 0 aromatic heterocycles. The van der Waals surface area contributed by atoms with Gasteiger partial charge in [-0.3, -0.25) is 0 Å². The third-order valence-corrected chi connectivity index (χ3v) is 4.18. The van der Waals surface area contributed by atoms with Gasteiger partial charge in [0.15, 0.2) is 0 Å². The molecule has 0 atom stereocenters. The number of halogens is 1. The predicted octanol–water partition coefficient (Wildman–Crippen LogP) is 3.82. The van der Waals surface area contributed by atoms with Crippen LogP contribution in [0.3, 0.4) is 0 Å². The molecular formula is C17H16ClN3. The van der Waals surface area contributed by atoms with E-state index in [2.05, 4.69) is 41.5 Å². The van der Waals surface area contributed by atoms with E-state index in [9.17, 15) is 0 Å². The summed E-state index contributed by atoms with van der Waals surface area (Å²) in [5.41, 5.74) is 5.39. The van der Waals surface area contributed by atoms with E-state index < -0.39 is 0 Å². The first-order valence-corrected chi connectivity index (χ1v) is 7.31. The van der Waals surface area contributed by atoms with Gasteiger partial charge in [0.25, 0.3) is 0 Å². The highest BCUT2D eigenvalue weighted by molar-refractivity contribution is 6.31. The van der Waals surface area contributed by atoms with Crippen molar-refractivity contribution < 1.29 is 0 Å². The molecule has 1 aliphatic rings. The lowest BCUT2D eigenvalue weighted by atomic mass is 10.1. The van der Waals surface area contributed by atoms with Crippen LogP contribution in [0.1, 0.15) is 16.7 Å². The Labute approximate surface area is 129 Å². The number of nitrogens with zero attached hydrogens (tertiary/aromatic N) is 2. The summed E-state index contributed by atoms with van der Waals surface area (Å²) in [6, 6.07) is 14.1. The summed E-state index contributed by atoms with van der Waals surface area (Å²) >= 11 is 5.94. The first kappa shape index (κ1) is 13.8. The van der Waals surface area contributed by atoms with E-state index in [-0.39, 0.29) is 0 Å². The Hall–Kier alpha value is -2.18. The fraction of sp³-hybridized carbons (Fsp3) is 0.235. The Bertz CT molecular complexity index is 718. The summed E-state index contributed by atoms with van der Waals surface area (Å²) in [4.78, 5) is 2.28. The second-order valence-electron chi connectivity index (χ2n) is 5.29. The van der Waals surface area contributed by atoms with Gasteiger partial charge in [0.1, 0.15) is 6.07 Å². The standard InChI is InChI=1S/C17H16ClN3/c1-21-7-6-13-8-12(2-5-17(13)21)11-20-15-3-4-16(18)14(9-15)10-19/h2-5,8-9,20H,6-7,11H2,1H3. The van der Waals surface area contributed by atoms with E-state index in [0.717, 1.165) is 25.2 Å². The predicted molar refractivity (Wildman–Crippen MR) is 86.9 cm³/mol. The summed E-state index contributed by atoms with van der Waals surface area (Å²) in [7, 11) is 2.13. The number of nitriles is 1. The van der Waals surface area contributed by atoms with Crippen molar-refractivity contribution in [1.29, 1.82) is 5.26 Å². The fourth-order valence-electron chi connectivity index (χ4n) is 2.66. The molecule has 2 aromatic carbocycles. The highest BCUT2D eigenvalue weighted by atomic mass is 35.5. The number of anilines is 2. The lowest BCUT2D eigenvalue weighted by Gasteiger charge is -2.13. The van der Waals surface area contributed by atoms with Crippen LogP contribution < -0.4 is 10.2 Å². The zero-order valence-corrected chi connectivity index (χ0v) is 12.6. The minimum absolute atomic E-state index is 0.489. The Morgan fingerprint density at radius 1 is 1.29 bits per heavy atom. The normalized spacial score (nSPS) is 12.9. The smallest absolute Gasteiger partial charge is 0.101 e. The molecule has 1 aliphatic heterocycles. The van der Waals surface area contributed by atoms with Crippen LogP contribution in [0.15, 0.2) is 36.4 Å². The average molecular weight is 298 g/mol. The van der Waals surface area contributed by atoms with Crippen molar-refractivity contribution in [2.24, 2.45) is 0 Å². The zero-order valence-electron chi connectivity index (χ0n) is 11.9. The molecule has 4 heteroatoms. The maximum absolute atomic E-state index is 8.99. The van der Waals surface area contributed by atoms with E-state index in [4.69, 9.17) is 16.9 Å². The Balaban J connectivity index is 1.72. The number of nitrogens with one attached hydrogen (secondary N) is 1. The van der Waals surface area contributed by atoms with Crippen LogP contribution in [0.4, 0.5) is 11.4 Å². The molecule has 0 fully saturated rings. The lowest BCUT2D eigenvalue weighted by molar-refractivity contribution is 0.955. The van der Waals surface area contributed by atoms with E-state index in [1.807, 2.05) is 6.07 Å². The van der Waals surface area contributed by atoms with Crippen molar-refractivity contribution in [2.45, 2.75) is 13.0 Å². The summed E-state index contributed by atoms with van der Waals surface area (Å²) in [5, 5.41) is 12.8. The van der Waals surface area contributed by atoms with Crippen LogP contribution in [-0.4, -0.2) is 13.6 Å². The molecule has 0 amide bonds. The quantitative estimate of drug-likeness (QED) is 0.936. The van der Waals surface area contributed by atoms with Crippen LogP contribution in [0.5, 0.6) is 0 Å². The first-order chi connectivity index (χ1) is 10.2. The molecule has 0 bridgehead atoms. The van der Waals surface area contributed by atoms with Crippen LogP contribution in [0.2, 0.25) is 5.02 Å². The highest BCUT2D eigenvalue weighted by Crippen LogP contribution is 2.27. The maximum atomic E-state index is 8.99. The van der Waals surface area contributed by atoms with Crippen molar-refractivity contribution in [3.05, 3.63) is 58.1 Å². The Kier molecular flexibility index (Phi) is 3.72. The molecule has 0 unspecified atom stereocenters. The van der Waals surface area contributed by atoms with Gasteiger partial charge in [0.2, 0.25) is 0 Å². The SMILES string of the molecule is CN1CCc2cc(CNc3ccc(Cl)c(C#N)c3)ccc21. The molecule has 2 aromatic rings. The van der Waals surface area contributed by atoms with Crippen molar-refractivity contribution in [3.63, 3.8) is 0 Å². The number of hydrogen-bond acceptors (Lipinski definition) is 3. The molecule has 3 rings (SSSR count). The van der Waals surface area contributed by atoms with Gasteiger partial charge in [0.05, 0.1) is 10.6 Å². The second kappa shape index (κ2) is 5.67. The molecule has 106 valence electrons. The minimum Gasteiger partial charge on any atom is -0.381 e. The van der Waals surface area contributed by atoms with Crippen molar-refractivity contribution in [3.8, 4) is 6.07 Å². The third-order valence-electron chi connectivity index (χ3n) is 3.86. The zero-order chi connectivity index (χ0) is 14.8. The molecule has 0 saturated carbocycles. The molecular weight excluding hydrogens is 282 g/mol. The highest BCUT2D eigenvalue weighted by Gasteiger charge is 2.15. The molecule has 0 radical (unpaired) electrons. The number of fused-ring (bicyclic) bond motifs is 1. The van der Waals surface area contributed by atoms with Crippen molar-refractivity contribution in [1.82, 2.24) is 0 Å². The second-order valence-corrected chi connectivity index (χ2v) is 5.70. The van der Waals surface area contributed by atoms with E-state index >= 15 is 0 Å². The largest absolute Gasteiger partial charge is 0.381 e. The summed E-state index contributed by atoms with van der Waals surface area (Å²) < 4.78 is 0. The molecule has 3 nitrogen and oxygen atoms in total. The van der Waals surface area contributed by atoms with Crippen molar-refractivity contribution >= 4 is 23.0 Å². The van der Waals surface area contributed by atoms with Gasteiger partial charge in [0, 0.05) is 31.5 Å². The summed E-state index contributed by atoms with van der Waals surface area (Å²) in [5.74, 6) is 0. The summed E-state index contributed by atoms with van der Waals surface area (Å²) in [6.45, 7) is 1.83. The fourth-order valence-corrected chi connectivity index (χ4v) is 2.81. The monoisotopic (exact) mass is 297 g/mol. The van der Waals surface area contributed by atoms with Crippen LogP contribution in [-0.2, 0) is 13.0 Å². The number of hydrogen-bond donors (Lipinski definition) is 1. The minimum atomic E-state index is 0.489. The van der Waals surface area contributed by atoms with E-state index in [1.165, 1.54) is 16.8 Å². The van der Waals surface area contributed by atoms with Gasteiger partial charge in [-0.25, -0.2) is 0 Å². The van der Waals surface area contributed by atoms with Gasteiger partial charge >= 0.3 is 0 Å². The molecule has 21 heavy (non-hydrogen) atoms. The maximum Gasteiger partial charge on any atom is 0.101 e. The molecule has 0 spiro atoms. The molecule has 0 aliphatic carbocycles. The van der Waals surface area contributed by atoms with E-state index in [0.29, 0.717) is 10.6 Å². The number of rotatable bonds is 3. The molecule has 0 saturated heterocycles. The first-order valence-electron chi connectivity index (χ1n) is 6.94. The Morgan fingerprint density at radius 2 is 2.14 bits per heavy atom. The van der Waals surface area contributed by atoms with Crippen LogP contribution in [0, 0.1) is 11.3 Å². The van der Waals surface area contributed by atoms with E-state index in [1.54, 1.807) is 12.1 Å². The van der Waals surface area contributed by atoms with Gasteiger partial charge in [-0.15, -0.1) is 0 Å². The topological polar surface area (TPSA) is 39.1 Å². The van der Waals surface area contributed by atoms with Crippen LogP contribution in [0.25, 0.3) is 0 Å². The van der Waals surface area contributed by atoms with Gasteiger partial charge in [-0.1, -0.05) is 23.7 Å². The summed E-state index contributed by atoms with van der Waals surface area (Å²) in [6.07, 6.45) is 1.11. The molecule has 1 N–H and O–H groups in total. The average Bonchev–Trinajstić information content (AvgIpc) is 2.87. The van der Waals surface area contributed by atoms with Crippen LogP contribution >= 0.6 is 11.6 Å². The van der Waals surface area contributed by atoms with Gasteiger partial charge < -0.3 is 10.2 Å². The number of benzene rings is 2. The molecule has 1 heterocycles. The third kappa shape index (κ3) is 2.81. The van der Waals surface area contributed by atoms with Gasteiger partial charge in [-0.05, 0) is 41.8 Å². The Morgan fingerprint density at radius 3 is 2.95 bits per heavy atom. The lowest BCUT2D eigenvalue weighted by Crippen LogP contribution is -2.12. The van der Waals surface area contributed by atoms with Crippen molar-refractivity contribution in [2.75, 3.05) is 23.8 Å². The number of likely N-dealkylation sites (N-methyl/N-ethyl adjacent to an activating group) is 1.